The first-order valence-corrected chi connectivity index (χ1v) is 9.84. The molecule has 4 rings (SSSR count). The van der Waals surface area contributed by atoms with Gasteiger partial charge in [-0.15, -0.1) is 0 Å². The number of aromatic nitrogens is 3. The van der Waals surface area contributed by atoms with E-state index >= 15 is 0 Å². The number of aryl methyl sites for hydroxylation is 1. The van der Waals surface area contributed by atoms with Crippen molar-refractivity contribution in [2.45, 2.75) is 20.0 Å². The lowest BCUT2D eigenvalue weighted by Crippen LogP contribution is -1.99. The zero-order chi connectivity index (χ0) is 17.1. The van der Waals surface area contributed by atoms with Crippen molar-refractivity contribution in [2.75, 3.05) is 5.32 Å². The smallest absolute Gasteiger partial charge is 0.183 e. The highest BCUT2D eigenvalue weighted by atomic mass is 32.1. The van der Waals surface area contributed by atoms with E-state index in [4.69, 9.17) is 5.10 Å². The topological polar surface area (TPSA) is 42.7 Å². The Labute approximate surface area is 154 Å². The molecule has 0 saturated heterocycles. The highest BCUT2D eigenvalue weighted by Gasteiger charge is 2.12. The molecule has 4 nitrogen and oxygen atoms in total. The molecule has 3 aromatic heterocycles. The van der Waals surface area contributed by atoms with E-state index in [1.54, 1.807) is 22.7 Å². The minimum Gasteiger partial charge on any atom is -0.357 e. The molecule has 0 aliphatic carbocycles. The maximum Gasteiger partial charge on any atom is 0.183 e. The summed E-state index contributed by atoms with van der Waals surface area (Å²) >= 11 is 3.37. The summed E-state index contributed by atoms with van der Waals surface area (Å²) in [5, 5.41) is 13.3. The Kier molecular flexibility index (Phi) is 4.63. The molecule has 0 spiro atoms. The second-order valence-electron chi connectivity index (χ2n) is 5.80. The number of rotatable bonds is 6. The first-order valence-electron chi connectivity index (χ1n) is 8.08. The normalized spacial score (nSPS) is 10.9. The standard InChI is InChI=1S/C19H18N4S2/c1-14-18(25-19(21-14)20-11-16-8-10-24-13-16)17-7-9-23(22-17)12-15-5-3-2-4-6-15/h2-10,13H,11-12H2,1H3,(H,20,21). The van der Waals surface area contributed by atoms with Crippen LogP contribution in [0.15, 0.2) is 59.4 Å². The number of thiophene rings is 1. The van der Waals surface area contributed by atoms with Gasteiger partial charge in [0, 0.05) is 12.7 Å². The van der Waals surface area contributed by atoms with Crippen molar-refractivity contribution < 1.29 is 0 Å². The van der Waals surface area contributed by atoms with E-state index in [-0.39, 0.29) is 0 Å². The maximum atomic E-state index is 4.72. The second kappa shape index (κ2) is 7.21. The van der Waals surface area contributed by atoms with Crippen LogP contribution in [-0.2, 0) is 13.1 Å². The van der Waals surface area contributed by atoms with Crippen molar-refractivity contribution in [3.05, 3.63) is 76.2 Å². The number of thiazole rings is 1. The molecule has 0 bridgehead atoms. The molecule has 0 atom stereocenters. The third-order valence-corrected chi connectivity index (χ3v) is 5.75. The van der Waals surface area contributed by atoms with E-state index < -0.39 is 0 Å². The molecule has 1 aromatic carbocycles. The number of hydrogen-bond acceptors (Lipinski definition) is 5. The van der Waals surface area contributed by atoms with Gasteiger partial charge in [-0.1, -0.05) is 41.7 Å². The SMILES string of the molecule is Cc1nc(NCc2ccsc2)sc1-c1ccn(Cc2ccccc2)n1. The number of hydrogen-bond donors (Lipinski definition) is 1. The fourth-order valence-electron chi connectivity index (χ4n) is 2.62. The van der Waals surface area contributed by atoms with Crippen LogP contribution >= 0.6 is 22.7 Å². The van der Waals surface area contributed by atoms with Gasteiger partial charge in [-0.2, -0.15) is 16.4 Å². The van der Waals surface area contributed by atoms with Gasteiger partial charge in [0.25, 0.3) is 0 Å². The van der Waals surface area contributed by atoms with Crippen LogP contribution in [0.2, 0.25) is 0 Å². The Morgan fingerprint density at radius 3 is 2.76 bits per heavy atom. The summed E-state index contributed by atoms with van der Waals surface area (Å²) in [7, 11) is 0. The Morgan fingerprint density at radius 1 is 1.08 bits per heavy atom. The van der Waals surface area contributed by atoms with Crippen LogP contribution in [0.25, 0.3) is 10.6 Å². The van der Waals surface area contributed by atoms with Gasteiger partial charge in [-0.05, 0) is 40.9 Å². The second-order valence-corrected chi connectivity index (χ2v) is 7.58. The summed E-state index contributed by atoms with van der Waals surface area (Å²) in [5.74, 6) is 0. The predicted octanol–water partition coefficient (Wildman–Crippen LogP) is 5.04. The lowest BCUT2D eigenvalue weighted by atomic mass is 10.2. The Hall–Kier alpha value is -2.44. The molecule has 0 unspecified atom stereocenters. The number of nitrogens with one attached hydrogen (secondary N) is 1. The van der Waals surface area contributed by atoms with E-state index in [0.29, 0.717) is 0 Å². The fourth-order valence-corrected chi connectivity index (χ4v) is 4.22. The molecular weight excluding hydrogens is 348 g/mol. The average molecular weight is 367 g/mol. The summed E-state index contributed by atoms with van der Waals surface area (Å²) in [6.07, 6.45) is 2.03. The van der Waals surface area contributed by atoms with Gasteiger partial charge in [-0.25, -0.2) is 4.98 Å². The van der Waals surface area contributed by atoms with Crippen LogP contribution in [-0.4, -0.2) is 14.8 Å². The van der Waals surface area contributed by atoms with Crippen LogP contribution in [0.3, 0.4) is 0 Å². The van der Waals surface area contributed by atoms with Gasteiger partial charge in [-0.3, -0.25) is 4.68 Å². The molecule has 1 N–H and O–H groups in total. The summed E-state index contributed by atoms with van der Waals surface area (Å²) in [5.41, 5.74) is 4.53. The van der Waals surface area contributed by atoms with Crippen LogP contribution in [0, 0.1) is 6.92 Å². The molecule has 25 heavy (non-hydrogen) atoms. The zero-order valence-electron chi connectivity index (χ0n) is 13.8. The molecule has 0 aliphatic rings. The van der Waals surface area contributed by atoms with Gasteiger partial charge < -0.3 is 5.32 Å². The molecule has 4 aromatic rings. The highest BCUT2D eigenvalue weighted by molar-refractivity contribution is 7.19. The van der Waals surface area contributed by atoms with Crippen molar-refractivity contribution in [1.29, 1.82) is 0 Å². The molecule has 0 amide bonds. The van der Waals surface area contributed by atoms with E-state index in [9.17, 15) is 0 Å². The van der Waals surface area contributed by atoms with E-state index in [1.165, 1.54) is 11.1 Å². The largest absolute Gasteiger partial charge is 0.357 e. The van der Waals surface area contributed by atoms with Crippen LogP contribution in [0.1, 0.15) is 16.8 Å². The third-order valence-electron chi connectivity index (χ3n) is 3.88. The molecule has 0 saturated carbocycles. The Morgan fingerprint density at radius 2 is 1.96 bits per heavy atom. The highest BCUT2D eigenvalue weighted by Crippen LogP contribution is 2.31. The summed E-state index contributed by atoms with van der Waals surface area (Å²) in [4.78, 5) is 5.77. The van der Waals surface area contributed by atoms with Gasteiger partial charge in [0.15, 0.2) is 5.13 Å². The lowest BCUT2D eigenvalue weighted by molar-refractivity contribution is 0.689. The van der Waals surface area contributed by atoms with E-state index in [2.05, 4.69) is 57.5 Å². The van der Waals surface area contributed by atoms with Crippen LogP contribution in [0.5, 0.6) is 0 Å². The van der Waals surface area contributed by atoms with Crippen molar-refractivity contribution in [3.63, 3.8) is 0 Å². The summed E-state index contributed by atoms with van der Waals surface area (Å²) in [6.45, 7) is 3.62. The van der Waals surface area contributed by atoms with Gasteiger partial charge >= 0.3 is 0 Å². The number of nitrogens with zero attached hydrogens (tertiary/aromatic N) is 3. The predicted molar refractivity (Wildman–Crippen MR) is 105 cm³/mol. The van der Waals surface area contributed by atoms with Gasteiger partial charge in [0.2, 0.25) is 0 Å². The first kappa shape index (κ1) is 16.1. The Balaban J connectivity index is 1.48. The zero-order valence-corrected chi connectivity index (χ0v) is 15.5. The van der Waals surface area contributed by atoms with Crippen molar-refractivity contribution >= 4 is 27.8 Å². The average Bonchev–Trinajstić information content (AvgIpc) is 3.35. The van der Waals surface area contributed by atoms with Crippen molar-refractivity contribution in [1.82, 2.24) is 14.8 Å². The van der Waals surface area contributed by atoms with Gasteiger partial charge in [0.1, 0.15) is 5.69 Å². The molecule has 0 aliphatic heterocycles. The molecule has 126 valence electrons. The minimum absolute atomic E-state index is 0.780. The summed E-state index contributed by atoms with van der Waals surface area (Å²) in [6, 6.07) is 14.6. The minimum atomic E-state index is 0.780. The number of anilines is 1. The monoisotopic (exact) mass is 366 g/mol. The van der Waals surface area contributed by atoms with Crippen molar-refractivity contribution in [3.8, 4) is 10.6 Å². The van der Waals surface area contributed by atoms with Gasteiger partial charge in [0.05, 0.1) is 17.1 Å². The maximum absolute atomic E-state index is 4.72. The van der Waals surface area contributed by atoms with E-state index in [1.807, 2.05) is 23.9 Å². The van der Waals surface area contributed by atoms with Crippen LogP contribution in [0.4, 0.5) is 5.13 Å². The first-order chi connectivity index (χ1) is 12.3. The fraction of sp³-hybridized carbons (Fsp3) is 0.158. The number of benzene rings is 1. The van der Waals surface area contributed by atoms with E-state index in [0.717, 1.165) is 34.5 Å². The van der Waals surface area contributed by atoms with Crippen LogP contribution < -0.4 is 5.32 Å². The lowest BCUT2D eigenvalue weighted by Gasteiger charge is -2.01. The Bertz CT molecular complexity index is 939. The molecule has 6 heteroatoms. The third kappa shape index (κ3) is 3.81. The quantitative estimate of drug-likeness (QED) is 0.520. The molecule has 0 fully saturated rings. The molecular formula is C19H18N4S2. The molecule has 3 heterocycles. The molecule has 0 radical (unpaired) electrons. The summed E-state index contributed by atoms with van der Waals surface area (Å²) < 4.78 is 1.97. The van der Waals surface area contributed by atoms with Crippen molar-refractivity contribution in [2.24, 2.45) is 0 Å².